The summed E-state index contributed by atoms with van der Waals surface area (Å²) in [7, 11) is 0. The highest BCUT2D eigenvalue weighted by atomic mass is 16.3. The minimum Gasteiger partial charge on any atom is -0.393 e. The maximum Gasteiger partial charge on any atom is 0.0606 e. The van der Waals surface area contributed by atoms with E-state index >= 15 is 0 Å². The summed E-state index contributed by atoms with van der Waals surface area (Å²) < 4.78 is 0. The maximum atomic E-state index is 11.3. The molecule has 6 unspecified atom stereocenters. The molecule has 0 spiro atoms. The summed E-state index contributed by atoms with van der Waals surface area (Å²) in [5.74, 6) is 4.44. The Hall–Kier alpha value is -0.120. The van der Waals surface area contributed by atoms with Crippen molar-refractivity contribution in [2.45, 2.75) is 209 Å². The molecule has 0 radical (unpaired) electrons. The van der Waals surface area contributed by atoms with Crippen LogP contribution in [0.4, 0.5) is 0 Å². The van der Waals surface area contributed by atoms with Crippen molar-refractivity contribution in [1.29, 1.82) is 0 Å². The zero-order chi connectivity index (χ0) is 38.9. The first-order valence-corrected chi connectivity index (χ1v) is 20.8. The van der Waals surface area contributed by atoms with Crippen molar-refractivity contribution in [3.05, 3.63) is 0 Å². The largest absolute Gasteiger partial charge is 0.393 e. The first kappa shape index (κ1) is 46.9. The summed E-state index contributed by atoms with van der Waals surface area (Å²) in [6.45, 7) is 47.6. The Labute approximate surface area is 309 Å². The normalized spacial score (nSPS) is 37.0. The Morgan fingerprint density at radius 1 is 0.347 bits per heavy atom. The van der Waals surface area contributed by atoms with E-state index in [0.717, 1.165) is 31.6 Å². The standard InChI is InChI=1S/C29H56O2.C15H30O.C2H6/c1-26(2,3)20-14-18(15-21(24(20)30)27(4,5)6)13-19-16-22(28(7,8)9)25(31)23(17-19)29(10,11)12;1-10-8-11(14(2,3)4)13(16)12(9-10)15(5,6)7;1-2/h18-25,30-31H,13-17H2,1-12H3;10-13,16H,8-9H2,1-7H3;1-2H3. The van der Waals surface area contributed by atoms with Crippen LogP contribution in [-0.4, -0.2) is 33.6 Å². The van der Waals surface area contributed by atoms with Gasteiger partial charge in [-0.3, -0.25) is 0 Å². The molecule has 6 atom stereocenters. The number of rotatable bonds is 2. The molecule has 0 aromatic heterocycles. The van der Waals surface area contributed by atoms with Gasteiger partial charge in [0.05, 0.1) is 18.3 Å². The van der Waals surface area contributed by atoms with E-state index in [9.17, 15) is 15.3 Å². The summed E-state index contributed by atoms with van der Waals surface area (Å²) in [5, 5.41) is 33.3. The summed E-state index contributed by atoms with van der Waals surface area (Å²) in [6, 6.07) is 0. The van der Waals surface area contributed by atoms with Crippen LogP contribution in [0.1, 0.15) is 190 Å². The Kier molecular flexibility index (Phi) is 16.2. The van der Waals surface area contributed by atoms with Crippen LogP contribution >= 0.6 is 0 Å². The highest BCUT2D eigenvalue weighted by Crippen LogP contribution is 2.54. The lowest BCUT2D eigenvalue weighted by atomic mass is 9.55. The molecule has 0 amide bonds. The van der Waals surface area contributed by atoms with Crippen LogP contribution in [-0.2, 0) is 0 Å². The quantitative estimate of drug-likeness (QED) is 0.270. The molecule has 3 fully saturated rings. The lowest BCUT2D eigenvalue weighted by Crippen LogP contribution is -2.49. The zero-order valence-electron chi connectivity index (χ0n) is 37.2. The molecule has 3 saturated carbocycles. The van der Waals surface area contributed by atoms with Crippen molar-refractivity contribution in [2.24, 2.45) is 85.8 Å². The molecule has 3 heteroatoms. The highest BCUT2D eigenvalue weighted by molar-refractivity contribution is 4.99. The fourth-order valence-electron chi connectivity index (χ4n) is 10.3. The van der Waals surface area contributed by atoms with Crippen molar-refractivity contribution in [2.75, 3.05) is 0 Å². The summed E-state index contributed by atoms with van der Waals surface area (Å²) >= 11 is 0. The molecular formula is C46H92O3. The molecule has 0 aromatic carbocycles. The summed E-state index contributed by atoms with van der Waals surface area (Å²) in [6.07, 6.45) is 7.69. The second kappa shape index (κ2) is 16.9. The molecule has 294 valence electrons. The van der Waals surface area contributed by atoms with Crippen molar-refractivity contribution in [1.82, 2.24) is 0 Å². The molecular weight excluding hydrogens is 601 g/mol. The Bertz CT molecular complexity index is 831. The van der Waals surface area contributed by atoms with Gasteiger partial charge >= 0.3 is 0 Å². The maximum absolute atomic E-state index is 11.3. The third-order valence-electron chi connectivity index (χ3n) is 13.5. The van der Waals surface area contributed by atoms with Gasteiger partial charge in [0.25, 0.3) is 0 Å². The van der Waals surface area contributed by atoms with Gasteiger partial charge in [-0.05, 0) is 131 Å². The fourth-order valence-corrected chi connectivity index (χ4v) is 10.3. The van der Waals surface area contributed by atoms with E-state index in [1.54, 1.807) is 0 Å². The monoisotopic (exact) mass is 693 g/mol. The van der Waals surface area contributed by atoms with Crippen LogP contribution in [0, 0.1) is 85.8 Å². The van der Waals surface area contributed by atoms with Gasteiger partial charge in [-0.2, -0.15) is 0 Å². The molecule has 0 saturated heterocycles. The van der Waals surface area contributed by atoms with Crippen LogP contribution in [0.25, 0.3) is 0 Å². The number of hydrogen-bond donors (Lipinski definition) is 3. The number of hydrogen-bond acceptors (Lipinski definition) is 3. The molecule has 3 N–H and O–H groups in total. The van der Waals surface area contributed by atoms with E-state index in [-0.39, 0.29) is 50.8 Å². The van der Waals surface area contributed by atoms with Crippen molar-refractivity contribution >= 4 is 0 Å². The van der Waals surface area contributed by atoms with Gasteiger partial charge in [0, 0.05) is 0 Å². The van der Waals surface area contributed by atoms with Crippen molar-refractivity contribution in [3.63, 3.8) is 0 Å². The lowest BCUT2D eigenvalue weighted by Gasteiger charge is -2.52. The molecule has 49 heavy (non-hydrogen) atoms. The van der Waals surface area contributed by atoms with Crippen LogP contribution in [0.15, 0.2) is 0 Å². The zero-order valence-corrected chi connectivity index (χ0v) is 37.2. The average Bonchev–Trinajstić information content (AvgIpc) is 2.89. The molecule has 3 nitrogen and oxygen atoms in total. The average molecular weight is 693 g/mol. The van der Waals surface area contributed by atoms with Gasteiger partial charge in [0.2, 0.25) is 0 Å². The highest BCUT2D eigenvalue weighted by Gasteiger charge is 2.50. The van der Waals surface area contributed by atoms with Gasteiger partial charge in [-0.25, -0.2) is 0 Å². The minimum absolute atomic E-state index is 0.129. The third kappa shape index (κ3) is 13.1. The first-order valence-electron chi connectivity index (χ1n) is 20.8. The van der Waals surface area contributed by atoms with Gasteiger partial charge < -0.3 is 15.3 Å². The van der Waals surface area contributed by atoms with Gasteiger partial charge in [0.15, 0.2) is 0 Å². The molecule has 3 rings (SSSR count). The van der Waals surface area contributed by atoms with Gasteiger partial charge in [0.1, 0.15) is 0 Å². The molecule has 0 aliphatic heterocycles. The van der Waals surface area contributed by atoms with E-state index in [0.29, 0.717) is 47.3 Å². The summed E-state index contributed by atoms with van der Waals surface area (Å²) in [5.41, 5.74) is 0.964. The van der Waals surface area contributed by atoms with Crippen molar-refractivity contribution in [3.8, 4) is 0 Å². The molecule has 3 aliphatic carbocycles. The Balaban J connectivity index is 0.000000560. The Morgan fingerprint density at radius 2 is 0.510 bits per heavy atom. The van der Waals surface area contributed by atoms with Crippen molar-refractivity contribution < 1.29 is 15.3 Å². The van der Waals surface area contributed by atoms with E-state index < -0.39 is 0 Å². The number of aliphatic hydroxyl groups is 3. The van der Waals surface area contributed by atoms with Gasteiger partial charge in [-0.1, -0.05) is 145 Å². The van der Waals surface area contributed by atoms with Crippen LogP contribution in [0.5, 0.6) is 0 Å². The van der Waals surface area contributed by atoms with E-state index in [2.05, 4.69) is 132 Å². The predicted octanol–water partition coefficient (Wildman–Crippen LogP) is 12.7. The second-order valence-corrected chi connectivity index (χ2v) is 23.8. The molecule has 0 heterocycles. The van der Waals surface area contributed by atoms with Crippen LogP contribution in [0.2, 0.25) is 0 Å². The van der Waals surface area contributed by atoms with E-state index in [1.165, 1.54) is 19.3 Å². The molecule has 0 bridgehead atoms. The van der Waals surface area contributed by atoms with Crippen LogP contribution in [0.3, 0.4) is 0 Å². The minimum atomic E-state index is -0.200. The van der Waals surface area contributed by atoms with Crippen LogP contribution < -0.4 is 0 Å². The topological polar surface area (TPSA) is 60.7 Å². The smallest absolute Gasteiger partial charge is 0.0606 e. The predicted molar refractivity (Wildman–Crippen MR) is 216 cm³/mol. The fraction of sp³-hybridized carbons (Fsp3) is 1.00. The van der Waals surface area contributed by atoms with E-state index in [4.69, 9.17) is 0 Å². The number of aliphatic hydroxyl groups excluding tert-OH is 3. The van der Waals surface area contributed by atoms with E-state index in [1.807, 2.05) is 13.8 Å². The SMILES string of the molecule is CC.CC(C)(C)C1CC(CC2CC(C(C)(C)C)C(O)C(C(C)(C)C)C2)CC(C(C)(C)C)C1O.CC1CC(C(C)(C)C)C(O)C(C(C)(C)C)C1. The lowest BCUT2D eigenvalue weighted by molar-refractivity contribution is -0.102. The third-order valence-corrected chi connectivity index (χ3v) is 13.5. The summed E-state index contributed by atoms with van der Waals surface area (Å²) in [4.78, 5) is 0. The molecule has 3 aliphatic rings. The Morgan fingerprint density at radius 3 is 0.673 bits per heavy atom. The second-order valence-electron chi connectivity index (χ2n) is 23.8. The first-order chi connectivity index (χ1) is 21.8. The molecule has 0 aromatic rings. The van der Waals surface area contributed by atoms with Gasteiger partial charge in [-0.15, -0.1) is 0 Å².